The highest BCUT2D eigenvalue weighted by Gasteiger charge is 2.42. The van der Waals surface area contributed by atoms with Gasteiger partial charge in [-0.1, -0.05) is 83.5 Å². The van der Waals surface area contributed by atoms with E-state index in [0.717, 1.165) is 18.2 Å². The van der Waals surface area contributed by atoms with Crippen LogP contribution in [0, 0.1) is 5.41 Å². The van der Waals surface area contributed by atoms with Crippen LogP contribution in [-0.2, 0) is 22.3 Å². The summed E-state index contributed by atoms with van der Waals surface area (Å²) in [5.74, 6) is -0.579. The normalized spacial score (nSPS) is 19.4. The first-order valence-corrected chi connectivity index (χ1v) is 9.17. The van der Waals surface area contributed by atoms with E-state index in [1.165, 1.54) is 11.1 Å². The minimum Gasteiger partial charge on any atom is -0.349 e. The minimum absolute atomic E-state index is 0.0386. The zero-order valence-corrected chi connectivity index (χ0v) is 15.1. The second-order valence-electron chi connectivity index (χ2n) is 6.76. The molecule has 1 fully saturated rings. The van der Waals surface area contributed by atoms with Gasteiger partial charge in [0.25, 0.3) is 0 Å². The summed E-state index contributed by atoms with van der Waals surface area (Å²) >= 11 is 3.58. The predicted molar refractivity (Wildman–Crippen MR) is 96.8 cm³/mol. The molecule has 3 heteroatoms. The van der Waals surface area contributed by atoms with Gasteiger partial charge in [0.05, 0.1) is 13.2 Å². The summed E-state index contributed by atoms with van der Waals surface area (Å²) in [5.41, 5.74) is 2.52. The molecule has 23 heavy (non-hydrogen) atoms. The second-order valence-corrected chi connectivity index (χ2v) is 7.32. The average Bonchev–Trinajstić information content (AvgIpc) is 2.60. The van der Waals surface area contributed by atoms with Gasteiger partial charge in [0.2, 0.25) is 0 Å². The number of hydrogen-bond donors (Lipinski definition) is 0. The molecular formula is C20H23BrO2. The summed E-state index contributed by atoms with van der Waals surface area (Å²) in [5, 5.41) is 0.882. The number of rotatable bonds is 5. The number of halogens is 1. The Labute approximate surface area is 146 Å². The van der Waals surface area contributed by atoms with Crippen molar-refractivity contribution in [2.45, 2.75) is 25.6 Å². The maximum Gasteiger partial charge on any atom is 0.176 e. The Hall–Kier alpha value is -1.16. The smallest absolute Gasteiger partial charge is 0.176 e. The summed E-state index contributed by atoms with van der Waals surface area (Å²) in [6.45, 7) is 3.60. The molecular weight excluding hydrogens is 352 g/mol. The fraction of sp³-hybridized carbons (Fsp3) is 0.400. The molecule has 122 valence electrons. The topological polar surface area (TPSA) is 18.5 Å². The van der Waals surface area contributed by atoms with E-state index in [1.54, 1.807) is 0 Å². The first-order chi connectivity index (χ1) is 11.1. The zero-order valence-electron chi connectivity index (χ0n) is 13.5. The molecule has 2 aromatic carbocycles. The fourth-order valence-electron chi connectivity index (χ4n) is 2.85. The number of ether oxygens (including phenoxy) is 2. The Morgan fingerprint density at radius 2 is 1.26 bits per heavy atom. The van der Waals surface area contributed by atoms with Crippen molar-refractivity contribution in [2.24, 2.45) is 5.41 Å². The summed E-state index contributed by atoms with van der Waals surface area (Å²) in [6.07, 6.45) is 1.53. The van der Waals surface area contributed by atoms with Crippen LogP contribution in [-0.4, -0.2) is 24.3 Å². The van der Waals surface area contributed by atoms with Crippen LogP contribution in [0.3, 0.4) is 0 Å². The van der Waals surface area contributed by atoms with Crippen LogP contribution in [0.1, 0.15) is 18.1 Å². The average molecular weight is 375 g/mol. The maximum atomic E-state index is 6.33. The molecule has 0 aromatic heterocycles. The monoisotopic (exact) mass is 374 g/mol. The minimum atomic E-state index is -0.579. The van der Waals surface area contributed by atoms with Crippen molar-refractivity contribution in [3.8, 4) is 0 Å². The Kier molecular flexibility index (Phi) is 5.20. The van der Waals surface area contributed by atoms with Gasteiger partial charge in [0.1, 0.15) is 0 Å². The van der Waals surface area contributed by atoms with Gasteiger partial charge in [-0.05, 0) is 11.1 Å². The molecule has 0 saturated carbocycles. The quantitative estimate of drug-likeness (QED) is 0.711. The van der Waals surface area contributed by atoms with Crippen molar-refractivity contribution in [3.05, 3.63) is 71.8 Å². The maximum absolute atomic E-state index is 6.33. The largest absolute Gasteiger partial charge is 0.349 e. The third kappa shape index (κ3) is 4.23. The van der Waals surface area contributed by atoms with Gasteiger partial charge < -0.3 is 9.47 Å². The van der Waals surface area contributed by atoms with E-state index >= 15 is 0 Å². The Morgan fingerprint density at radius 1 is 0.826 bits per heavy atom. The first-order valence-electron chi connectivity index (χ1n) is 8.05. The van der Waals surface area contributed by atoms with Gasteiger partial charge in [-0.15, -0.1) is 0 Å². The third-order valence-electron chi connectivity index (χ3n) is 4.32. The van der Waals surface area contributed by atoms with Gasteiger partial charge in [0, 0.05) is 23.6 Å². The molecule has 1 aliphatic heterocycles. The van der Waals surface area contributed by atoms with Crippen molar-refractivity contribution >= 4 is 15.9 Å². The van der Waals surface area contributed by atoms with Crippen molar-refractivity contribution in [1.29, 1.82) is 0 Å². The van der Waals surface area contributed by atoms with Crippen LogP contribution in [0.2, 0.25) is 0 Å². The van der Waals surface area contributed by atoms with E-state index in [2.05, 4.69) is 71.4 Å². The van der Waals surface area contributed by atoms with E-state index in [-0.39, 0.29) is 5.41 Å². The van der Waals surface area contributed by atoms with E-state index in [1.807, 2.05) is 12.1 Å². The van der Waals surface area contributed by atoms with Crippen molar-refractivity contribution < 1.29 is 9.47 Å². The molecule has 3 rings (SSSR count). The van der Waals surface area contributed by atoms with Crippen LogP contribution in [0.4, 0.5) is 0 Å². The lowest BCUT2D eigenvalue weighted by Gasteiger charge is -2.44. The molecule has 0 unspecified atom stereocenters. The Morgan fingerprint density at radius 3 is 1.65 bits per heavy atom. The lowest BCUT2D eigenvalue weighted by molar-refractivity contribution is -0.296. The third-order valence-corrected chi connectivity index (χ3v) is 5.68. The van der Waals surface area contributed by atoms with Crippen LogP contribution in [0.5, 0.6) is 0 Å². The molecule has 0 atom stereocenters. The highest BCUT2D eigenvalue weighted by molar-refractivity contribution is 9.09. The highest BCUT2D eigenvalue weighted by Crippen LogP contribution is 2.35. The lowest BCUT2D eigenvalue weighted by Crippen LogP contribution is -2.51. The molecule has 0 aliphatic carbocycles. The van der Waals surface area contributed by atoms with Crippen molar-refractivity contribution in [2.75, 3.05) is 18.5 Å². The zero-order chi connectivity index (χ0) is 16.2. The summed E-state index contributed by atoms with van der Waals surface area (Å²) in [6, 6.07) is 20.9. The van der Waals surface area contributed by atoms with E-state index < -0.39 is 5.79 Å². The molecule has 2 aromatic rings. The molecule has 0 radical (unpaired) electrons. The fourth-order valence-corrected chi connectivity index (χ4v) is 3.18. The summed E-state index contributed by atoms with van der Waals surface area (Å²) in [4.78, 5) is 0. The van der Waals surface area contributed by atoms with Crippen LogP contribution >= 0.6 is 15.9 Å². The molecule has 2 nitrogen and oxygen atoms in total. The molecule has 0 spiro atoms. The lowest BCUT2D eigenvalue weighted by atomic mass is 9.91. The Bertz CT molecular complexity index is 561. The molecule has 0 bridgehead atoms. The number of benzene rings is 2. The first kappa shape index (κ1) is 16.7. The van der Waals surface area contributed by atoms with E-state index in [9.17, 15) is 0 Å². The molecule has 1 aliphatic rings. The van der Waals surface area contributed by atoms with E-state index in [0.29, 0.717) is 13.2 Å². The predicted octanol–water partition coefficient (Wildman–Crippen LogP) is 4.62. The second kappa shape index (κ2) is 7.16. The van der Waals surface area contributed by atoms with Crippen LogP contribution in [0.15, 0.2) is 60.7 Å². The summed E-state index contributed by atoms with van der Waals surface area (Å²) < 4.78 is 12.7. The van der Waals surface area contributed by atoms with Gasteiger partial charge >= 0.3 is 0 Å². The van der Waals surface area contributed by atoms with Gasteiger partial charge in [-0.3, -0.25) is 0 Å². The van der Waals surface area contributed by atoms with Gasteiger partial charge in [-0.25, -0.2) is 0 Å². The van der Waals surface area contributed by atoms with Crippen LogP contribution < -0.4 is 0 Å². The number of alkyl halides is 1. The SMILES string of the molecule is CC1(CBr)COC(Cc2ccccc2)(Cc2ccccc2)OC1. The van der Waals surface area contributed by atoms with E-state index in [4.69, 9.17) is 9.47 Å². The highest BCUT2D eigenvalue weighted by atomic mass is 79.9. The molecule has 0 amide bonds. The van der Waals surface area contributed by atoms with Crippen molar-refractivity contribution in [1.82, 2.24) is 0 Å². The van der Waals surface area contributed by atoms with Gasteiger partial charge in [-0.2, -0.15) is 0 Å². The molecule has 1 heterocycles. The Balaban J connectivity index is 1.82. The molecule has 1 saturated heterocycles. The van der Waals surface area contributed by atoms with Gasteiger partial charge in [0.15, 0.2) is 5.79 Å². The summed E-state index contributed by atoms with van der Waals surface area (Å²) in [7, 11) is 0. The number of hydrogen-bond acceptors (Lipinski definition) is 2. The standard InChI is InChI=1S/C20H23BrO2/c1-19(14-21)15-22-20(23-16-19,12-17-8-4-2-5-9-17)13-18-10-6-3-7-11-18/h2-11H,12-16H2,1H3. The molecule has 0 N–H and O–H groups in total. The van der Waals surface area contributed by atoms with Crippen molar-refractivity contribution in [3.63, 3.8) is 0 Å². The van der Waals surface area contributed by atoms with Crippen LogP contribution in [0.25, 0.3) is 0 Å².